The molecule has 2 rings (SSSR count). The number of hydrogen-bond acceptors (Lipinski definition) is 7. The van der Waals surface area contributed by atoms with Gasteiger partial charge in [0.05, 0.1) is 10.6 Å². The van der Waals surface area contributed by atoms with E-state index in [0.29, 0.717) is 6.42 Å². The molecule has 0 aliphatic carbocycles. The van der Waals surface area contributed by atoms with Gasteiger partial charge < -0.3 is 19.8 Å². The molecular weight excluding hydrogens is 415 g/mol. The van der Waals surface area contributed by atoms with Crippen molar-refractivity contribution >= 4 is 9.84 Å². The lowest BCUT2D eigenvalue weighted by Gasteiger charge is -2.15. The largest absolute Gasteiger partial charge is 0.573 e. The number of hydrogen-bond donors (Lipinski definition) is 3. The maximum absolute atomic E-state index is 12.4. The minimum atomic E-state index is -4.79. The van der Waals surface area contributed by atoms with Gasteiger partial charge in [-0.25, -0.2) is 13.9 Å². The van der Waals surface area contributed by atoms with E-state index in [9.17, 15) is 21.6 Å². The number of aliphatic hydroxyl groups excluding tert-OH is 1. The summed E-state index contributed by atoms with van der Waals surface area (Å²) in [5, 5.41) is 17.9. The fraction of sp³-hybridized carbons (Fsp3) is 0.333. The monoisotopic (exact) mass is 435 g/mol. The Morgan fingerprint density at radius 2 is 1.48 bits per heavy atom. The van der Waals surface area contributed by atoms with Gasteiger partial charge in [0.1, 0.15) is 17.2 Å². The van der Waals surface area contributed by atoms with Crippen molar-refractivity contribution in [3.05, 3.63) is 48.5 Å². The molecule has 0 bridgehead atoms. The lowest BCUT2D eigenvalue weighted by molar-refractivity contribution is -0.274. The molecule has 0 saturated carbocycles. The van der Waals surface area contributed by atoms with Crippen LogP contribution in [0.1, 0.15) is 12.8 Å². The molecule has 0 amide bonds. The molecule has 7 nitrogen and oxygen atoms in total. The quantitative estimate of drug-likeness (QED) is 0.492. The average molecular weight is 435 g/mol. The minimum Gasteiger partial charge on any atom is -0.457 e. The number of aliphatic hydroxyl groups is 1. The molecular formula is C18H20F3NO6S. The smallest absolute Gasteiger partial charge is 0.457 e. The highest BCUT2D eigenvalue weighted by molar-refractivity contribution is 7.91. The minimum absolute atomic E-state index is 0.0167. The van der Waals surface area contributed by atoms with Crippen LogP contribution in [0.25, 0.3) is 0 Å². The van der Waals surface area contributed by atoms with Crippen molar-refractivity contribution in [1.82, 2.24) is 5.48 Å². The Morgan fingerprint density at radius 3 is 1.97 bits per heavy atom. The first-order valence-electron chi connectivity index (χ1n) is 8.50. The van der Waals surface area contributed by atoms with Gasteiger partial charge in [-0.2, -0.15) is 0 Å². The van der Waals surface area contributed by atoms with E-state index in [1.807, 2.05) is 5.48 Å². The van der Waals surface area contributed by atoms with Gasteiger partial charge in [0.25, 0.3) is 0 Å². The molecule has 3 N–H and O–H groups in total. The van der Waals surface area contributed by atoms with E-state index in [-0.39, 0.29) is 40.9 Å². The Balaban J connectivity index is 2.02. The van der Waals surface area contributed by atoms with E-state index in [4.69, 9.17) is 15.1 Å². The molecule has 0 aliphatic heterocycles. The highest BCUT2D eigenvalue weighted by atomic mass is 32.2. The number of halogens is 3. The molecule has 0 aliphatic rings. The molecule has 11 heteroatoms. The van der Waals surface area contributed by atoms with E-state index < -0.39 is 22.2 Å². The van der Waals surface area contributed by atoms with Crippen LogP contribution in [0.2, 0.25) is 0 Å². The maximum Gasteiger partial charge on any atom is 0.573 e. The van der Waals surface area contributed by atoms with Gasteiger partial charge in [-0.15, -0.1) is 13.2 Å². The molecule has 0 heterocycles. The van der Waals surface area contributed by atoms with Crippen LogP contribution in [0.5, 0.6) is 17.2 Å². The predicted molar refractivity (Wildman–Crippen MR) is 96.7 cm³/mol. The average Bonchev–Trinajstić information content (AvgIpc) is 2.66. The molecule has 0 saturated heterocycles. The van der Waals surface area contributed by atoms with Crippen LogP contribution in [0.15, 0.2) is 53.4 Å². The van der Waals surface area contributed by atoms with Crippen molar-refractivity contribution in [3.8, 4) is 17.2 Å². The maximum atomic E-state index is 12.4. The molecule has 0 unspecified atom stereocenters. The summed E-state index contributed by atoms with van der Waals surface area (Å²) in [5.41, 5.74) is 1.93. The van der Waals surface area contributed by atoms with E-state index in [1.54, 1.807) is 0 Å². The highest BCUT2D eigenvalue weighted by Gasteiger charge is 2.31. The second kappa shape index (κ2) is 9.92. The molecule has 2 aromatic rings. The number of rotatable bonds is 10. The Labute approximate surface area is 165 Å². The van der Waals surface area contributed by atoms with Gasteiger partial charge in [-0.3, -0.25) is 0 Å². The van der Waals surface area contributed by atoms with Crippen LogP contribution in [0.4, 0.5) is 13.2 Å². The fourth-order valence-electron chi connectivity index (χ4n) is 2.44. The van der Waals surface area contributed by atoms with Crippen LogP contribution in [-0.4, -0.2) is 43.5 Å². The van der Waals surface area contributed by atoms with Gasteiger partial charge in [0.15, 0.2) is 9.84 Å². The summed E-state index contributed by atoms with van der Waals surface area (Å²) >= 11 is 0. The first-order chi connectivity index (χ1) is 13.6. The van der Waals surface area contributed by atoms with E-state index in [0.717, 1.165) is 12.1 Å². The second-order valence-electron chi connectivity index (χ2n) is 6.07. The Bertz CT molecular complexity index is 870. The Morgan fingerprint density at radius 1 is 0.966 bits per heavy atom. The lowest BCUT2D eigenvalue weighted by Crippen LogP contribution is -2.33. The number of benzene rings is 2. The third-order valence-electron chi connectivity index (χ3n) is 3.79. The van der Waals surface area contributed by atoms with Crippen molar-refractivity contribution in [1.29, 1.82) is 0 Å². The van der Waals surface area contributed by atoms with Gasteiger partial charge >= 0.3 is 6.36 Å². The molecule has 1 atom stereocenters. The molecule has 2 aromatic carbocycles. The Hall–Kier alpha value is -2.34. The van der Waals surface area contributed by atoms with E-state index in [1.165, 1.54) is 36.4 Å². The lowest BCUT2D eigenvalue weighted by atomic mass is 10.2. The Kier molecular flexibility index (Phi) is 7.85. The zero-order valence-electron chi connectivity index (χ0n) is 15.1. The fourth-order valence-corrected chi connectivity index (χ4v) is 3.96. The summed E-state index contributed by atoms with van der Waals surface area (Å²) in [7, 11) is -3.70. The van der Waals surface area contributed by atoms with Gasteiger partial charge in [0.2, 0.25) is 0 Å². The van der Waals surface area contributed by atoms with Crippen LogP contribution in [0, 0.1) is 0 Å². The predicted octanol–water partition coefficient (Wildman–Crippen LogP) is 3.27. The number of alkyl halides is 3. The van der Waals surface area contributed by atoms with Crippen molar-refractivity contribution in [3.63, 3.8) is 0 Å². The molecule has 29 heavy (non-hydrogen) atoms. The van der Waals surface area contributed by atoms with Crippen molar-refractivity contribution < 1.29 is 41.4 Å². The van der Waals surface area contributed by atoms with Crippen molar-refractivity contribution in [2.45, 2.75) is 30.1 Å². The van der Waals surface area contributed by atoms with Crippen LogP contribution in [0.3, 0.4) is 0 Å². The zero-order chi connectivity index (χ0) is 21.5. The third kappa shape index (κ3) is 7.54. The normalized spacial score (nSPS) is 13.1. The van der Waals surface area contributed by atoms with E-state index in [2.05, 4.69) is 4.74 Å². The summed E-state index contributed by atoms with van der Waals surface area (Å²) in [4.78, 5) is 0.0167. The highest BCUT2D eigenvalue weighted by Crippen LogP contribution is 2.28. The first-order valence-corrected chi connectivity index (χ1v) is 10.1. The summed E-state index contributed by atoms with van der Waals surface area (Å²) in [6.07, 6.45) is -4.17. The topological polar surface area (TPSA) is 105 Å². The van der Waals surface area contributed by atoms with Crippen molar-refractivity contribution in [2.75, 3.05) is 12.4 Å². The van der Waals surface area contributed by atoms with Gasteiger partial charge in [0, 0.05) is 12.6 Å². The molecule has 0 spiro atoms. The molecule has 0 radical (unpaired) electrons. The van der Waals surface area contributed by atoms with Crippen LogP contribution in [-0.2, 0) is 9.84 Å². The van der Waals surface area contributed by atoms with Crippen molar-refractivity contribution in [2.24, 2.45) is 0 Å². The standard InChI is InChI=1S/C18H20F3NO6S/c19-18(20,21)28-16-5-3-14(4-6-16)27-15-7-9-17(10-8-15)29(25,26)12-13(22-24)2-1-11-23/h3-10,13,22-24H,1-2,11-12H2/t13-/m0/s1. The van der Waals surface area contributed by atoms with Crippen LogP contribution < -0.4 is 15.0 Å². The summed E-state index contributed by atoms with van der Waals surface area (Å²) in [6.45, 7) is -0.117. The summed E-state index contributed by atoms with van der Waals surface area (Å²) in [6, 6.07) is 9.49. The first kappa shape index (κ1) is 22.9. The number of sulfone groups is 1. The van der Waals surface area contributed by atoms with Gasteiger partial charge in [-0.1, -0.05) is 0 Å². The molecule has 0 aromatic heterocycles. The number of ether oxygens (including phenoxy) is 2. The van der Waals surface area contributed by atoms with Gasteiger partial charge in [-0.05, 0) is 61.4 Å². The third-order valence-corrected chi connectivity index (χ3v) is 5.62. The molecule has 160 valence electrons. The second-order valence-corrected chi connectivity index (χ2v) is 8.10. The summed E-state index contributed by atoms with van der Waals surface area (Å²) in [5.74, 6) is -0.224. The van der Waals surface area contributed by atoms with Crippen LogP contribution >= 0.6 is 0 Å². The molecule has 0 fully saturated rings. The summed E-state index contributed by atoms with van der Waals surface area (Å²) < 4.78 is 70.6. The van der Waals surface area contributed by atoms with E-state index >= 15 is 0 Å². The number of hydroxylamine groups is 1. The zero-order valence-corrected chi connectivity index (χ0v) is 15.9. The number of nitrogens with one attached hydrogen (secondary N) is 1. The SMILES string of the molecule is O=S(=O)(C[C@H](CCCO)NO)c1ccc(Oc2ccc(OC(F)(F)F)cc2)cc1.